The van der Waals surface area contributed by atoms with Crippen molar-refractivity contribution in [1.29, 1.82) is 0 Å². The van der Waals surface area contributed by atoms with Crippen LogP contribution in [-0.4, -0.2) is 64.8 Å². The van der Waals surface area contributed by atoms with Crippen molar-refractivity contribution in [3.05, 3.63) is 30.0 Å². The number of alkyl halides is 3. The summed E-state index contributed by atoms with van der Waals surface area (Å²) < 4.78 is 46.6. The Morgan fingerprint density at radius 2 is 1.87 bits per heavy atom. The molecule has 0 spiro atoms. The summed E-state index contributed by atoms with van der Waals surface area (Å²) in [5, 5.41) is 0.816. The van der Waals surface area contributed by atoms with Crippen LogP contribution < -0.4 is 4.74 Å². The Kier molecular flexibility index (Phi) is 5.46. The minimum Gasteiger partial charge on any atom is -0.490 e. The molecule has 0 bridgehead atoms. The van der Waals surface area contributed by atoms with E-state index in [1.807, 2.05) is 29.7 Å². The number of benzene rings is 1. The van der Waals surface area contributed by atoms with Gasteiger partial charge in [0.1, 0.15) is 24.1 Å². The third-order valence-electron chi connectivity index (χ3n) is 6.12. The van der Waals surface area contributed by atoms with E-state index in [-0.39, 0.29) is 18.7 Å². The number of hydrogen-bond donors (Lipinski definition) is 0. The van der Waals surface area contributed by atoms with E-state index in [0.29, 0.717) is 11.7 Å². The van der Waals surface area contributed by atoms with Gasteiger partial charge in [0.05, 0.1) is 0 Å². The number of likely N-dealkylation sites (tertiary alicyclic amines) is 1. The first-order valence-corrected chi connectivity index (χ1v) is 10.5. The maximum absolute atomic E-state index is 12.8. The molecule has 30 heavy (non-hydrogen) atoms. The second kappa shape index (κ2) is 7.80. The third kappa shape index (κ3) is 4.15. The van der Waals surface area contributed by atoms with E-state index in [9.17, 15) is 18.0 Å². The van der Waals surface area contributed by atoms with Crippen molar-refractivity contribution < 1.29 is 22.7 Å². The van der Waals surface area contributed by atoms with Crippen LogP contribution in [0.5, 0.6) is 5.75 Å². The lowest BCUT2D eigenvalue weighted by Crippen LogP contribution is -2.46. The van der Waals surface area contributed by atoms with Crippen molar-refractivity contribution in [3.63, 3.8) is 0 Å². The number of rotatable bonds is 4. The van der Waals surface area contributed by atoms with Gasteiger partial charge < -0.3 is 19.1 Å². The fourth-order valence-electron chi connectivity index (χ4n) is 4.63. The number of carbonyl (C=O) groups excluding carboxylic acids is 1. The minimum atomic E-state index is -4.41. The lowest BCUT2D eigenvalue weighted by molar-refractivity contribution is -0.142. The molecule has 164 valence electrons. The second-order valence-electron chi connectivity index (χ2n) is 8.72. The van der Waals surface area contributed by atoms with Gasteiger partial charge in [0.2, 0.25) is 0 Å². The third-order valence-corrected chi connectivity index (χ3v) is 6.12. The predicted octanol–water partition coefficient (Wildman–Crippen LogP) is 4.47. The molecule has 1 unspecified atom stereocenters. The number of amides is 1. The quantitative estimate of drug-likeness (QED) is 0.728. The zero-order chi connectivity index (χ0) is 21.6. The van der Waals surface area contributed by atoms with E-state index in [0.717, 1.165) is 47.5 Å². The van der Waals surface area contributed by atoms with Crippen molar-refractivity contribution >= 4 is 16.8 Å². The van der Waals surface area contributed by atoms with Gasteiger partial charge in [-0.1, -0.05) is 0 Å². The molecule has 0 saturated carbocycles. The van der Waals surface area contributed by atoms with Crippen molar-refractivity contribution in [2.45, 2.75) is 58.0 Å². The molecule has 8 heteroatoms. The van der Waals surface area contributed by atoms with Crippen molar-refractivity contribution in [1.82, 2.24) is 14.4 Å². The van der Waals surface area contributed by atoms with Gasteiger partial charge in [-0.25, -0.2) is 0 Å². The van der Waals surface area contributed by atoms with Gasteiger partial charge >= 0.3 is 6.18 Å². The highest BCUT2D eigenvalue weighted by atomic mass is 19.4. The van der Waals surface area contributed by atoms with Gasteiger partial charge in [0, 0.05) is 42.6 Å². The number of ether oxygens (including phenoxy) is 1. The summed E-state index contributed by atoms with van der Waals surface area (Å²) in [7, 11) is 0. The monoisotopic (exact) mass is 423 g/mol. The normalized spacial score (nSPS) is 21.5. The molecule has 0 radical (unpaired) electrons. The first-order valence-electron chi connectivity index (χ1n) is 10.5. The molecule has 3 heterocycles. The number of piperidine rings is 1. The van der Waals surface area contributed by atoms with Crippen LogP contribution >= 0.6 is 0 Å². The zero-order valence-corrected chi connectivity index (χ0v) is 17.6. The van der Waals surface area contributed by atoms with E-state index in [1.54, 1.807) is 6.07 Å². The van der Waals surface area contributed by atoms with Crippen molar-refractivity contribution in [3.8, 4) is 5.75 Å². The number of aromatic nitrogens is 1. The molecule has 1 aromatic carbocycles. The van der Waals surface area contributed by atoms with E-state index < -0.39 is 18.6 Å². The largest absolute Gasteiger partial charge is 0.490 e. The summed E-state index contributed by atoms with van der Waals surface area (Å²) >= 11 is 0. The molecular formula is C22H28F3N3O2. The molecular weight excluding hydrogens is 395 g/mol. The Labute approximate surface area is 174 Å². The lowest BCUT2D eigenvalue weighted by Gasteiger charge is -2.34. The van der Waals surface area contributed by atoms with Crippen LogP contribution in [0, 0.1) is 0 Å². The summed E-state index contributed by atoms with van der Waals surface area (Å²) in [5.41, 5.74) is 1.15. The Bertz CT molecular complexity index is 930. The van der Waals surface area contributed by atoms with Crippen LogP contribution in [0.15, 0.2) is 24.3 Å². The summed E-state index contributed by atoms with van der Waals surface area (Å²) in [6, 6.07) is 7.68. The Morgan fingerprint density at radius 3 is 2.50 bits per heavy atom. The van der Waals surface area contributed by atoms with Crippen LogP contribution in [0.1, 0.15) is 50.1 Å². The van der Waals surface area contributed by atoms with Crippen LogP contribution in [0.3, 0.4) is 0 Å². The Morgan fingerprint density at radius 1 is 1.17 bits per heavy atom. The van der Waals surface area contributed by atoms with E-state index in [2.05, 4.69) is 18.7 Å². The summed E-state index contributed by atoms with van der Waals surface area (Å²) in [4.78, 5) is 16.0. The average molecular weight is 423 g/mol. The van der Waals surface area contributed by atoms with Gasteiger partial charge in [-0.2, -0.15) is 13.2 Å². The highest BCUT2D eigenvalue weighted by Gasteiger charge is 2.38. The molecule has 2 aromatic rings. The van der Waals surface area contributed by atoms with Crippen LogP contribution in [0.25, 0.3) is 10.9 Å². The molecule has 5 nitrogen and oxygen atoms in total. The predicted molar refractivity (Wildman–Crippen MR) is 109 cm³/mol. The van der Waals surface area contributed by atoms with Gasteiger partial charge in [-0.05, 0) is 57.9 Å². The first kappa shape index (κ1) is 21.0. The molecule has 4 rings (SSSR count). The zero-order valence-electron chi connectivity index (χ0n) is 17.6. The maximum atomic E-state index is 12.8. The number of carbonyl (C=O) groups is 1. The molecule has 1 aromatic heterocycles. The molecule has 2 aliphatic heterocycles. The molecule has 0 N–H and O–H groups in total. The highest BCUT2D eigenvalue weighted by molar-refractivity contribution is 6.00. The topological polar surface area (TPSA) is 37.7 Å². The van der Waals surface area contributed by atoms with E-state index >= 15 is 0 Å². The van der Waals surface area contributed by atoms with Crippen molar-refractivity contribution in [2.75, 3.05) is 26.2 Å². The van der Waals surface area contributed by atoms with Crippen LogP contribution in [-0.2, 0) is 0 Å². The van der Waals surface area contributed by atoms with E-state index in [4.69, 9.17) is 4.74 Å². The average Bonchev–Trinajstić information content (AvgIpc) is 3.04. The maximum Gasteiger partial charge on any atom is 0.406 e. The molecule has 2 aliphatic rings. The fraction of sp³-hybridized carbons (Fsp3) is 0.591. The fourth-order valence-corrected chi connectivity index (χ4v) is 4.63. The molecule has 1 amide bonds. The SMILES string of the molecule is CC(C)N1CCC(Oc2ccc3c(c2)cc2n3C(C)CN(CC(F)(F)F)C2=O)CC1. The molecule has 1 fully saturated rings. The van der Waals surface area contributed by atoms with Gasteiger partial charge in [0.25, 0.3) is 5.91 Å². The van der Waals surface area contributed by atoms with Crippen LogP contribution in [0.2, 0.25) is 0 Å². The lowest BCUT2D eigenvalue weighted by atomic mass is 10.1. The van der Waals surface area contributed by atoms with E-state index in [1.165, 1.54) is 0 Å². The second-order valence-corrected chi connectivity index (χ2v) is 8.72. The van der Waals surface area contributed by atoms with Gasteiger partial charge in [0.15, 0.2) is 0 Å². The Hall–Kier alpha value is -2.22. The Balaban J connectivity index is 1.54. The molecule has 1 saturated heterocycles. The highest BCUT2D eigenvalue weighted by Crippen LogP contribution is 2.33. The van der Waals surface area contributed by atoms with Gasteiger partial charge in [-0.15, -0.1) is 0 Å². The number of halogens is 3. The summed E-state index contributed by atoms with van der Waals surface area (Å²) in [6.45, 7) is 7.07. The van der Waals surface area contributed by atoms with Crippen LogP contribution in [0.4, 0.5) is 13.2 Å². The number of fused-ring (bicyclic) bond motifs is 3. The molecule has 0 aliphatic carbocycles. The number of nitrogens with zero attached hydrogens (tertiary/aromatic N) is 3. The smallest absolute Gasteiger partial charge is 0.406 e. The van der Waals surface area contributed by atoms with Crippen molar-refractivity contribution in [2.24, 2.45) is 0 Å². The first-order chi connectivity index (χ1) is 14.1. The van der Waals surface area contributed by atoms with Gasteiger partial charge in [-0.3, -0.25) is 4.79 Å². The minimum absolute atomic E-state index is 0.0435. The summed E-state index contributed by atoms with van der Waals surface area (Å²) in [5.74, 6) is 0.158. The standard InChI is InChI=1S/C22H28F3N3O2/c1-14(2)26-8-6-17(7-9-26)30-18-4-5-19-16(10-18)11-20-21(29)27(13-22(23,24)25)12-15(3)28(19)20/h4-5,10-11,14-15,17H,6-9,12-13H2,1-3H3. The molecule has 1 atom stereocenters. The summed E-state index contributed by atoms with van der Waals surface area (Å²) in [6.07, 6.45) is -2.33. The number of hydrogen-bond acceptors (Lipinski definition) is 3.